The molecule has 0 atom stereocenters. The number of ether oxygens (including phenoxy) is 1. The van der Waals surface area contributed by atoms with Crippen molar-refractivity contribution in [3.8, 4) is 0 Å². The lowest BCUT2D eigenvalue weighted by atomic mass is 10.2. The van der Waals surface area contributed by atoms with Gasteiger partial charge in [0.05, 0.1) is 7.11 Å². The largest absolute Gasteiger partial charge is 0.493 e. The lowest BCUT2D eigenvalue weighted by Crippen LogP contribution is -1.83. The molecule has 0 bridgehead atoms. The SMILES string of the molecule is C=Cc1cc(C)oc1C(=C)OC.CC. The van der Waals surface area contributed by atoms with Crippen molar-refractivity contribution in [2.75, 3.05) is 7.11 Å². The van der Waals surface area contributed by atoms with Crippen LogP contribution >= 0.6 is 0 Å². The van der Waals surface area contributed by atoms with Crippen LogP contribution in [0.25, 0.3) is 11.8 Å². The highest BCUT2D eigenvalue weighted by molar-refractivity contribution is 5.65. The summed E-state index contributed by atoms with van der Waals surface area (Å²) in [6.45, 7) is 13.2. The highest BCUT2D eigenvalue weighted by Crippen LogP contribution is 2.22. The van der Waals surface area contributed by atoms with Crippen molar-refractivity contribution in [2.24, 2.45) is 0 Å². The monoisotopic (exact) mass is 194 g/mol. The van der Waals surface area contributed by atoms with Crippen molar-refractivity contribution < 1.29 is 9.15 Å². The minimum atomic E-state index is 0.526. The van der Waals surface area contributed by atoms with Crippen LogP contribution < -0.4 is 0 Å². The zero-order valence-corrected chi connectivity index (χ0v) is 9.39. The number of aryl methyl sites for hydroxylation is 1. The number of furan rings is 1. The minimum Gasteiger partial charge on any atom is -0.493 e. The Bertz CT molecular complexity index is 308. The highest BCUT2D eigenvalue weighted by Gasteiger charge is 2.09. The van der Waals surface area contributed by atoms with E-state index in [1.165, 1.54) is 0 Å². The predicted octanol–water partition coefficient (Wildman–Crippen LogP) is 3.87. The first-order chi connectivity index (χ1) is 6.69. The van der Waals surface area contributed by atoms with Gasteiger partial charge in [0.15, 0.2) is 11.5 Å². The van der Waals surface area contributed by atoms with E-state index in [4.69, 9.17) is 9.15 Å². The molecule has 78 valence electrons. The van der Waals surface area contributed by atoms with Crippen molar-refractivity contribution >= 4 is 11.8 Å². The molecule has 0 aliphatic heterocycles. The lowest BCUT2D eigenvalue weighted by Gasteiger charge is -2.00. The first kappa shape index (κ1) is 12.6. The van der Waals surface area contributed by atoms with Gasteiger partial charge in [-0.05, 0) is 13.0 Å². The summed E-state index contributed by atoms with van der Waals surface area (Å²) in [5.41, 5.74) is 0.916. The molecule has 0 aliphatic carbocycles. The maximum absolute atomic E-state index is 5.36. The van der Waals surface area contributed by atoms with Crippen LogP contribution in [-0.4, -0.2) is 7.11 Å². The van der Waals surface area contributed by atoms with Gasteiger partial charge in [0.1, 0.15) is 5.76 Å². The Balaban J connectivity index is 0.000000791. The molecule has 0 radical (unpaired) electrons. The van der Waals surface area contributed by atoms with E-state index in [-0.39, 0.29) is 0 Å². The fraction of sp³-hybridized carbons (Fsp3) is 0.333. The average molecular weight is 194 g/mol. The second-order valence-electron chi connectivity index (χ2n) is 2.47. The molecular weight excluding hydrogens is 176 g/mol. The number of methoxy groups -OCH3 is 1. The fourth-order valence-corrected chi connectivity index (χ4v) is 0.996. The Hall–Kier alpha value is -1.44. The van der Waals surface area contributed by atoms with E-state index < -0.39 is 0 Å². The summed E-state index contributed by atoms with van der Waals surface area (Å²) in [5.74, 6) is 2.01. The molecule has 0 unspecified atom stereocenters. The molecule has 0 saturated heterocycles. The topological polar surface area (TPSA) is 22.4 Å². The minimum absolute atomic E-state index is 0.526. The molecule has 0 fully saturated rings. The lowest BCUT2D eigenvalue weighted by molar-refractivity contribution is 0.351. The average Bonchev–Trinajstić information content (AvgIpc) is 2.61. The van der Waals surface area contributed by atoms with Gasteiger partial charge in [-0.3, -0.25) is 0 Å². The van der Waals surface area contributed by atoms with Crippen LogP contribution in [0.4, 0.5) is 0 Å². The summed E-state index contributed by atoms with van der Waals surface area (Å²) >= 11 is 0. The summed E-state index contributed by atoms with van der Waals surface area (Å²) in [7, 11) is 1.56. The Labute approximate surface area is 85.9 Å². The number of hydrogen-bond acceptors (Lipinski definition) is 2. The van der Waals surface area contributed by atoms with Crippen molar-refractivity contribution in [3.63, 3.8) is 0 Å². The molecule has 1 aromatic rings. The van der Waals surface area contributed by atoms with Gasteiger partial charge in [-0.1, -0.05) is 33.1 Å². The quantitative estimate of drug-likeness (QED) is 0.681. The summed E-state index contributed by atoms with van der Waals surface area (Å²) in [6, 6.07) is 1.90. The molecule has 0 aromatic carbocycles. The van der Waals surface area contributed by atoms with Crippen LogP contribution in [0.3, 0.4) is 0 Å². The van der Waals surface area contributed by atoms with Gasteiger partial charge in [-0.2, -0.15) is 0 Å². The molecule has 2 nitrogen and oxygen atoms in total. The molecule has 1 rings (SSSR count). The van der Waals surface area contributed by atoms with Gasteiger partial charge in [0.25, 0.3) is 0 Å². The van der Waals surface area contributed by atoms with Gasteiger partial charge in [0.2, 0.25) is 0 Å². The predicted molar refractivity (Wildman–Crippen MR) is 60.9 cm³/mol. The normalized spacial score (nSPS) is 8.57. The molecule has 1 heterocycles. The van der Waals surface area contributed by atoms with Crippen LogP contribution in [-0.2, 0) is 4.74 Å². The highest BCUT2D eigenvalue weighted by atomic mass is 16.5. The zero-order chi connectivity index (χ0) is 11.1. The zero-order valence-electron chi connectivity index (χ0n) is 9.39. The maximum atomic E-state index is 5.36. The molecular formula is C12H18O2. The van der Waals surface area contributed by atoms with E-state index in [0.717, 1.165) is 11.3 Å². The van der Waals surface area contributed by atoms with Crippen molar-refractivity contribution in [3.05, 3.63) is 36.3 Å². The molecule has 0 spiro atoms. The van der Waals surface area contributed by atoms with Crippen molar-refractivity contribution in [1.82, 2.24) is 0 Å². The smallest absolute Gasteiger partial charge is 0.175 e. The van der Waals surface area contributed by atoms with Crippen LogP contribution in [0.2, 0.25) is 0 Å². The standard InChI is InChI=1S/C10H12O2.C2H6/c1-5-9-6-7(2)12-10(9)8(3)11-4;1-2/h5-6H,1,3H2,2,4H3;1-2H3. The van der Waals surface area contributed by atoms with Crippen LogP contribution in [0.15, 0.2) is 23.6 Å². The van der Waals surface area contributed by atoms with Gasteiger partial charge < -0.3 is 9.15 Å². The van der Waals surface area contributed by atoms with E-state index in [1.54, 1.807) is 13.2 Å². The van der Waals surface area contributed by atoms with Crippen LogP contribution in [0, 0.1) is 6.92 Å². The third-order valence-electron chi connectivity index (χ3n) is 1.60. The van der Waals surface area contributed by atoms with E-state index >= 15 is 0 Å². The summed E-state index contributed by atoms with van der Waals surface area (Å²) < 4.78 is 10.3. The third-order valence-corrected chi connectivity index (χ3v) is 1.60. The maximum Gasteiger partial charge on any atom is 0.175 e. The fourth-order valence-electron chi connectivity index (χ4n) is 0.996. The second-order valence-corrected chi connectivity index (χ2v) is 2.47. The van der Waals surface area contributed by atoms with Gasteiger partial charge in [0, 0.05) is 5.56 Å². The molecule has 14 heavy (non-hydrogen) atoms. The van der Waals surface area contributed by atoms with Crippen LogP contribution in [0.5, 0.6) is 0 Å². The molecule has 0 aliphatic rings. The number of hydrogen-bond donors (Lipinski definition) is 0. The van der Waals surface area contributed by atoms with Crippen molar-refractivity contribution in [2.45, 2.75) is 20.8 Å². The summed E-state index contributed by atoms with van der Waals surface area (Å²) in [5, 5.41) is 0. The second kappa shape index (κ2) is 6.08. The Morgan fingerprint density at radius 1 is 1.50 bits per heavy atom. The van der Waals surface area contributed by atoms with Gasteiger partial charge >= 0.3 is 0 Å². The summed E-state index contributed by atoms with van der Waals surface area (Å²) in [6.07, 6.45) is 1.72. The van der Waals surface area contributed by atoms with E-state index in [1.807, 2.05) is 26.8 Å². The first-order valence-electron chi connectivity index (χ1n) is 4.65. The summed E-state index contributed by atoms with van der Waals surface area (Å²) in [4.78, 5) is 0. The molecule has 0 N–H and O–H groups in total. The Morgan fingerprint density at radius 3 is 2.50 bits per heavy atom. The third kappa shape index (κ3) is 2.80. The molecule has 0 saturated carbocycles. The van der Waals surface area contributed by atoms with E-state index in [9.17, 15) is 0 Å². The number of rotatable bonds is 3. The van der Waals surface area contributed by atoms with Crippen LogP contribution in [0.1, 0.15) is 30.9 Å². The molecule has 1 aromatic heterocycles. The molecule has 2 heteroatoms. The van der Waals surface area contributed by atoms with Crippen molar-refractivity contribution in [1.29, 1.82) is 0 Å². The van der Waals surface area contributed by atoms with Gasteiger partial charge in [-0.25, -0.2) is 0 Å². The van der Waals surface area contributed by atoms with E-state index in [2.05, 4.69) is 13.2 Å². The Morgan fingerprint density at radius 2 is 2.07 bits per heavy atom. The Kier molecular flexibility index (Phi) is 5.46. The first-order valence-corrected chi connectivity index (χ1v) is 4.65. The van der Waals surface area contributed by atoms with E-state index in [0.29, 0.717) is 11.5 Å². The van der Waals surface area contributed by atoms with Gasteiger partial charge in [-0.15, -0.1) is 0 Å². The molecule has 0 amide bonds.